The van der Waals surface area contributed by atoms with Crippen molar-refractivity contribution in [2.45, 2.75) is 52.4 Å². The minimum absolute atomic E-state index is 0.387. The van der Waals surface area contributed by atoms with Crippen molar-refractivity contribution in [1.82, 2.24) is 0 Å². The lowest BCUT2D eigenvalue weighted by atomic mass is 10.00. The molecular formula is C12H20O4-2. The van der Waals surface area contributed by atoms with Gasteiger partial charge in [-0.25, -0.2) is 0 Å². The van der Waals surface area contributed by atoms with E-state index in [1.54, 1.807) is 13.8 Å². The number of hydrogen-bond acceptors (Lipinski definition) is 4. The van der Waals surface area contributed by atoms with Gasteiger partial charge in [0.1, 0.15) is 0 Å². The first-order valence-electron chi connectivity index (χ1n) is 5.87. The normalized spacial score (nSPS) is 14.4. The first kappa shape index (κ1) is 14.9. The molecule has 4 heteroatoms. The summed E-state index contributed by atoms with van der Waals surface area (Å²) in [6.07, 6.45) is 4.87. The van der Waals surface area contributed by atoms with Crippen LogP contribution in [0.4, 0.5) is 0 Å². The summed E-state index contributed by atoms with van der Waals surface area (Å²) in [6, 6.07) is 0. The number of carbonyl (C=O) groups is 2. The fraction of sp³-hybridized carbons (Fsp3) is 0.833. The van der Waals surface area contributed by atoms with Crippen LogP contribution in [-0.4, -0.2) is 11.9 Å². The highest BCUT2D eigenvalue weighted by Crippen LogP contribution is 2.13. The van der Waals surface area contributed by atoms with Crippen LogP contribution >= 0.6 is 0 Å². The van der Waals surface area contributed by atoms with E-state index in [4.69, 9.17) is 0 Å². The summed E-state index contributed by atoms with van der Waals surface area (Å²) >= 11 is 0. The molecule has 0 heterocycles. The fourth-order valence-corrected chi connectivity index (χ4v) is 1.49. The Balaban J connectivity index is 3.34. The topological polar surface area (TPSA) is 80.3 Å². The molecule has 0 aromatic rings. The van der Waals surface area contributed by atoms with Gasteiger partial charge in [-0.2, -0.15) is 0 Å². The summed E-state index contributed by atoms with van der Waals surface area (Å²) in [5.74, 6) is -2.76. The highest BCUT2D eigenvalue weighted by Gasteiger charge is 2.04. The SMILES string of the molecule is CC(CCCCCCC(C)C(=O)[O-])C(=O)[O-]. The Kier molecular flexibility index (Phi) is 7.60. The zero-order valence-corrected chi connectivity index (χ0v) is 10.0. The Hall–Kier alpha value is -1.06. The number of carboxylic acids is 2. The molecule has 0 saturated carbocycles. The second kappa shape index (κ2) is 8.13. The zero-order chi connectivity index (χ0) is 12.6. The van der Waals surface area contributed by atoms with Gasteiger partial charge in [0.25, 0.3) is 0 Å². The highest BCUT2D eigenvalue weighted by molar-refractivity contribution is 5.67. The molecule has 2 atom stereocenters. The van der Waals surface area contributed by atoms with Gasteiger partial charge in [0.05, 0.1) is 0 Å². The van der Waals surface area contributed by atoms with Crippen molar-refractivity contribution in [3.63, 3.8) is 0 Å². The van der Waals surface area contributed by atoms with Crippen LogP contribution in [0, 0.1) is 11.8 Å². The first-order chi connectivity index (χ1) is 7.45. The van der Waals surface area contributed by atoms with Crippen molar-refractivity contribution in [2.24, 2.45) is 11.8 Å². The molecular weight excluding hydrogens is 208 g/mol. The maximum absolute atomic E-state index is 10.4. The smallest absolute Gasteiger partial charge is 0.0442 e. The number of unbranched alkanes of at least 4 members (excludes halogenated alkanes) is 3. The van der Waals surface area contributed by atoms with Crippen molar-refractivity contribution < 1.29 is 19.8 Å². The van der Waals surface area contributed by atoms with Gasteiger partial charge in [0, 0.05) is 11.9 Å². The summed E-state index contributed by atoms with van der Waals surface area (Å²) < 4.78 is 0. The van der Waals surface area contributed by atoms with Gasteiger partial charge in [-0.1, -0.05) is 39.5 Å². The van der Waals surface area contributed by atoms with Crippen LogP contribution in [0.2, 0.25) is 0 Å². The van der Waals surface area contributed by atoms with Crippen LogP contribution in [0.5, 0.6) is 0 Å². The largest absolute Gasteiger partial charge is 0.550 e. The monoisotopic (exact) mass is 228 g/mol. The first-order valence-corrected chi connectivity index (χ1v) is 5.87. The minimum atomic E-state index is -0.995. The number of carbonyl (C=O) groups excluding carboxylic acids is 2. The van der Waals surface area contributed by atoms with Gasteiger partial charge in [0.2, 0.25) is 0 Å². The van der Waals surface area contributed by atoms with Crippen molar-refractivity contribution in [2.75, 3.05) is 0 Å². The third-order valence-electron chi connectivity index (χ3n) is 2.83. The molecule has 0 aliphatic heterocycles. The van der Waals surface area contributed by atoms with E-state index in [0.29, 0.717) is 12.8 Å². The quantitative estimate of drug-likeness (QED) is 0.524. The van der Waals surface area contributed by atoms with Crippen LogP contribution in [0.1, 0.15) is 52.4 Å². The van der Waals surface area contributed by atoms with Gasteiger partial charge in [-0.15, -0.1) is 0 Å². The second-order valence-electron chi connectivity index (χ2n) is 4.43. The van der Waals surface area contributed by atoms with E-state index in [2.05, 4.69) is 0 Å². The van der Waals surface area contributed by atoms with E-state index in [0.717, 1.165) is 25.7 Å². The molecule has 0 aromatic heterocycles. The molecule has 0 bridgehead atoms. The average molecular weight is 228 g/mol. The van der Waals surface area contributed by atoms with Gasteiger partial charge in [-0.3, -0.25) is 0 Å². The second-order valence-corrected chi connectivity index (χ2v) is 4.43. The summed E-state index contributed by atoms with van der Waals surface area (Å²) in [5, 5.41) is 20.8. The van der Waals surface area contributed by atoms with Crippen LogP contribution < -0.4 is 10.2 Å². The zero-order valence-electron chi connectivity index (χ0n) is 10.0. The third kappa shape index (κ3) is 7.26. The Morgan fingerprint density at radius 2 is 1.12 bits per heavy atom. The van der Waals surface area contributed by atoms with E-state index in [9.17, 15) is 19.8 Å². The standard InChI is InChI=1S/C12H22O4/c1-9(11(13)14)7-5-3-4-6-8-10(2)12(15)16/h9-10H,3-8H2,1-2H3,(H,13,14)(H,15,16)/p-2. The van der Waals surface area contributed by atoms with Crippen molar-refractivity contribution in [1.29, 1.82) is 0 Å². The maximum atomic E-state index is 10.4. The van der Waals surface area contributed by atoms with Crippen molar-refractivity contribution in [3.05, 3.63) is 0 Å². The molecule has 0 rings (SSSR count). The molecule has 0 spiro atoms. The van der Waals surface area contributed by atoms with E-state index < -0.39 is 11.9 Å². The Morgan fingerprint density at radius 3 is 1.38 bits per heavy atom. The Morgan fingerprint density at radius 1 is 0.812 bits per heavy atom. The summed E-state index contributed by atoms with van der Waals surface area (Å²) in [6.45, 7) is 3.29. The van der Waals surface area contributed by atoms with Gasteiger partial charge < -0.3 is 19.8 Å². The summed E-state index contributed by atoms with van der Waals surface area (Å²) in [4.78, 5) is 20.8. The molecule has 0 N–H and O–H groups in total. The lowest BCUT2D eigenvalue weighted by Gasteiger charge is -2.13. The predicted molar refractivity (Wildman–Crippen MR) is 56.0 cm³/mol. The highest BCUT2D eigenvalue weighted by atomic mass is 16.4. The van der Waals surface area contributed by atoms with Gasteiger partial charge >= 0.3 is 0 Å². The van der Waals surface area contributed by atoms with E-state index in [-0.39, 0.29) is 11.8 Å². The molecule has 0 saturated heterocycles. The Labute approximate surface area is 96.7 Å². The molecule has 2 unspecified atom stereocenters. The molecule has 0 aliphatic rings. The lowest BCUT2D eigenvalue weighted by Crippen LogP contribution is -2.29. The molecule has 4 nitrogen and oxygen atoms in total. The average Bonchev–Trinajstić information content (AvgIpc) is 2.21. The minimum Gasteiger partial charge on any atom is -0.550 e. The number of carboxylic acid groups (broad SMARTS) is 2. The lowest BCUT2D eigenvalue weighted by molar-refractivity contribution is -0.312. The molecule has 0 aliphatic carbocycles. The van der Waals surface area contributed by atoms with Crippen LogP contribution in [-0.2, 0) is 9.59 Å². The van der Waals surface area contributed by atoms with Gasteiger partial charge in [0.15, 0.2) is 0 Å². The van der Waals surface area contributed by atoms with E-state index in [1.807, 2.05) is 0 Å². The number of hydrogen-bond donors (Lipinski definition) is 0. The van der Waals surface area contributed by atoms with Crippen LogP contribution in [0.15, 0.2) is 0 Å². The van der Waals surface area contributed by atoms with Crippen molar-refractivity contribution in [3.8, 4) is 0 Å². The predicted octanol–water partition coefficient (Wildman–Crippen LogP) is 0.0990. The number of rotatable bonds is 9. The number of aliphatic carboxylic acids is 2. The molecule has 0 radical (unpaired) electrons. The van der Waals surface area contributed by atoms with Crippen LogP contribution in [0.25, 0.3) is 0 Å². The maximum Gasteiger partial charge on any atom is 0.0442 e. The molecule has 94 valence electrons. The summed E-state index contributed by atoms with van der Waals surface area (Å²) in [5.41, 5.74) is 0. The van der Waals surface area contributed by atoms with Gasteiger partial charge in [-0.05, 0) is 24.7 Å². The Bertz CT molecular complexity index is 201. The molecule has 0 aromatic carbocycles. The van der Waals surface area contributed by atoms with E-state index >= 15 is 0 Å². The van der Waals surface area contributed by atoms with Crippen LogP contribution in [0.3, 0.4) is 0 Å². The van der Waals surface area contributed by atoms with Crippen molar-refractivity contribution >= 4 is 11.9 Å². The molecule has 16 heavy (non-hydrogen) atoms. The summed E-state index contributed by atoms with van der Waals surface area (Å²) in [7, 11) is 0. The molecule has 0 amide bonds. The third-order valence-corrected chi connectivity index (χ3v) is 2.83. The van der Waals surface area contributed by atoms with E-state index in [1.165, 1.54) is 0 Å². The fourth-order valence-electron chi connectivity index (χ4n) is 1.49. The molecule has 0 fully saturated rings.